The number of aryl methyl sites for hydroxylation is 1. The van der Waals surface area contributed by atoms with Gasteiger partial charge in [0, 0.05) is 11.2 Å². The molecule has 2 atom stereocenters. The molecule has 0 radical (unpaired) electrons. The number of benzene rings is 2. The van der Waals surface area contributed by atoms with Crippen LogP contribution in [0, 0.1) is 6.92 Å². The molecule has 34 heavy (non-hydrogen) atoms. The third-order valence-corrected chi connectivity index (χ3v) is 7.00. The topological polar surface area (TPSA) is 56.6 Å². The first-order valence-corrected chi connectivity index (χ1v) is 11.8. The first-order valence-electron chi connectivity index (χ1n) is 11.4. The summed E-state index contributed by atoms with van der Waals surface area (Å²) in [5.41, 5.74) is 3.23. The van der Waals surface area contributed by atoms with E-state index in [0.717, 1.165) is 35.3 Å². The lowest BCUT2D eigenvalue weighted by Crippen LogP contribution is -2.55. The Hall–Kier alpha value is -3.25. The summed E-state index contributed by atoms with van der Waals surface area (Å²) in [6.45, 7) is 6.05. The summed E-state index contributed by atoms with van der Waals surface area (Å²) >= 11 is 6.09. The van der Waals surface area contributed by atoms with Crippen LogP contribution in [0.2, 0.25) is 5.02 Å². The molecule has 7 heteroatoms. The zero-order valence-corrected chi connectivity index (χ0v) is 20.5. The standard InChI is InChI=1S/C27H28ClN3O3/c1-17-15-30(16-29-17)22-10-5-18(13-23(22)33-4)14-24-26(32)31-21(19-6-8-20(28)9-7-19)11-12-25(31)27(2,3)34-24/h5-10,13-16,21,25H,11-12H2,1-4H3/b24-14-. The van der Waals surface area contributed by atoms with Crippen LogP contribution in [0.5, 0.6) is 5.75 Å². The van der Waals surface area contributed by atoms with Crippen LogP contribution in [0.25, 0.3) is 11.8 Å². The molecule has 2 aromatic carbocycles. The van der Waals surface area contributed by atoms with Crippen LogP contribution in [0.15, 0.2) is 60.7 Å². The van der Waals surface area contributed by atoms with Gasteiger partial charge >= 0.3 is 0 Å². The summed E-state index contributed by atoms with van der Waals surface area (Å²) in [5, 5.41) is 0.691. The van der Waals surface area contributed by atoms with Crippen molar-refractivity contribution >= 4 is 23.6 Å². The molecular formula is C27H28ClN3O3. The highest BCUT2D eigenvalue weighted by Gasteiger charge is 2.51. The van der Waals surface area contributed by atoms with Gasteiger partial charge < -0.3 is 18.9 Å². The molecule has 5 rings (SSSR count). The Morgan fingerprint density at radius 1 is 1.18 bits per heavy atom. The molecule has 0 N–H and O–H groups in total. The van der Waals surface area contributed by atoms with Gasteiger partial charge in [0.1, 0.15) is 11.4 Å². The fraction of sp³-hybridized carbons (Fsp3) is 0.333. The van der Waals surface area contributed by atoms with E-state index in [1.165, 1.54) is 0 Å². The molecule has 2 unspecified atom stereocenters. The van der Waals surface area contributed by atoms with Crippen molar-refractivity contribution in [3.8, 4) is 11.4 Å². The molecule has 1 amide bonds. The van der Waals surface area contributed by atoms with Gasteiger partial charge in [-0.2, -0.15) is 0 Å². The maximum Gasteiger partial charge on any atom is 0.289 e. The van der Waals surface area contributed by atoms with Gasteiger partial charge in [0.05, 0.1) is 36.9 Å². The molecule has 1 aromatic heterocycles. The second kappa shape index (κ2) is 8.51. The van der Waals surface area contributed by atoms with E-state index in [-0.39, 0.29) is 18.0 Å². The Balaban J connectivity index is 1.49. The number of fused-ring (bicyclic) bond motifs is 1. The van der Waals surface area contributed by atoms with Crippen LogP contribution in [-0.2, 0) is 9.53 Å². The number of nitrogens with zero attached hydrogens (tertiary/aromatic N) is 3. The highest BCUT2D eigenvalue weighted by atomic mass is 35.5. The molecule has 2 fully saturated rings. The van der Waals surface area contributed by atoms with Gasteiger partial charge in [-0.05, 0) is 75.1 Å². The smallest absolute Gasteiger partial charge is 0.289 e. The average Bonchev–Trinajstić information content (AvgIpc) is 3.45. The molecule has 2 saturated heterocycles. The van der Waals surface area contributed by atoms with E-state index in [1.807, 2.05) is 71.1 Å². The Kier molecular flexibility index (Phi) is 5.64. The summed E-state index contributed by atoms with van der Waals surface area (Å²) in [7, 11) is 1.64. The minimum Gasteiger partial charge on any atom is -0.495 e. The van der Waals surface area contributed by atoms with Crippen molar-refractivity contribution in [2.45, 2.75) is 51.3 Å². The average molecular weight is 478 g/mol. The van der Waals surface area contributed by atoms with Crippen molar-refractivity contribution in [1.29, 1.82) is 0 Å². The van der Waals surface area contributed by atoms with E-state index in [9.17, 15) is 4.79 Å². The monoisotopic (exact) mass is 477 g/mol. The Morgan fingerprint density at radius 2 is 1.94 bits per heavy atom. The number of amides is 1. The number of morpholine rings is 1. The van der Waals surface area contributed by atoms with Gasteiger partial charge in [-0.1, -0.05) is 29.8 Å². The Bertz CT molecular complexity index is 1260. The normalized spacial score (nSPS) is 22.6. The van der Waals surface area contributed by atoms with Gasteiger partial charge in [-0.15, -0.1) is 0 Å². The first-order chi connectivity index (χ1) is 16.3. The quantitative estimate of drug-likeness (QED) is 0.450. The molecule has 0 bridgehead atoms. The maximum atomic E-state index is 13.7. The minimum atomic E-state index is -0.501. The molecular weight excluding hydrogens is 450 g/mol. The van der Waals surface area contributed by atoms with Gasteiger partial charge in [0.25, 0.3) is 5.91 Å². The maximum absolute atomic E-state index is 13.7. The minimum absolute atomic E-state index is 0.00253. The molecule has 6 nitrogen and oxygen atoms in total. The van der Waals surface area contributed by atoms with Crippen LogP contribution in [0.1, 0.15) is 49.6 Å². The van der Waals surface area contributed by atoms with Crippen LogP contribution < -0.4 is 4.74 Å². The number of hydrogen-bond acceptors (Lipinski definition) is 4. The molecule has 2 aliphatic rings. The van der Waals surface area contributed by atoms with Crippen molar-refractivity contribution in [3.05, 3.63) is 82.6 Å². The summed E-state index contributed by atoms with van der Waals surface area (Å²) < 4.78 is 13.8. The van der Waals surface area contributed by atoms with Crippen molar-refractivity contribution < 1.29 is 14.3 Å². The predicted octanol–water partition coefficient (Wildman–Crippen LogP) is 5.72. The largest absolute Gasteiger partial charge is 0.495 e. The lowest BCUT2D eigenvalue weighted by molar-refractivity contribution is -0.155. The van der Waals surface area contributed by atoms with Crippen LogP contribution in [0.3, 0.4) is 0 Å². The number of carbonyl (C=O) groups is 1. The third-order valence-electron chi connectivity index (χ3n) is 6.75. The van der Waals surface area contributed by atoms with Crippen molar-refractivity contribution in [1.82, 2.24) is 14.5 Å². The fourth-order valence-corrected chi connectivity index (χ4v) is 5.23. The zero-order valence-electron chi connectivity index (χ0n) is 19.8. The van der Waals surface area contributed by atoms with E-state index < -0.39 is 5.60 Å². The number of aromatic nitrogens is 2. The molecule has 0 saturated carbocycles. The Morgan fingerprint density at radius 3 is 2.62 bits per heavy atom. The van der Waals surface area contributed by atoms with Crippen molar-refractivity contribution in [2.24, 2.45) is 0 Å². The number of hydrogen-bond donors (Lipinski definition) is 0. The number of ether oxygens (including phenoxy) is 2. The van der Waals surface area contributed by atoms with Crippen LogP contribution in [0.4, 0.5) is 0 Å². The summed E-state index contributed by atoms with van der Waals surface area (Å²) in [6.07, 6.45) is 7.29. The third kappa shape index (κ3) is 3.96. The Labute approximate surface area is 204 Å². The number of halogens is 1. The van der Waals surface area contributed by atoms with E-state index >= 15 is 0 Å². The highest BCUT2D eigenvalue weighted by molar-refractivity contribution is 6.30. The first kappa shape index (κ1) is 22.5. The molecule has 3 heterocycles. The van der Waals surface area contributed by atoms with E-state index in [0.29, 0.717) is 16.5 Å². The van der Waals surface area contributed by atoms with Gasteiger partial charge in [-0.3, -0.25) is 4.79 Å². The molecule has 176 valence electrons. The zero-order chi connectivity index (χ0) is 24.0. The number of carbonyl (C=O) groups excluding carboxylic acids is 1. The second-order valence-electron chi connectivity index (χ2n) is 9.44. The van der Waals surface area contributed by atoms with E-state index in [4.69, 9.17) is 21.1 Å². The highest BCUT2D eigenvalue weighted by Crippen LogP contribution is 2.46. The van der Waals surface area contributed by atoms with Gasteiger partial charge in [0.2, 0.25) is 0 Å². The van der Waals surface area contributed by atoms with Crippen LogP contribution >= 0.6 is 11.6 Å². The van der Waals surface area contributed by atoms with Crippen molar-refractivity contribution in [2.75, 3.05) is 7.11 Å². The van der Waals surface area contributed by atoms with E-state index in [2.05, 4.69) is 18.8 Å². The van der Waals surface area contributed by atoms with Crippen molar-refractivity contribution in [3.63, 3.8) is 0 Å². The lowest BCUT2D eigenvalue weighted by atomic mass is 9.94. The van der Waals surface area contributed by atoms with Crippen LogP contribution in [-0.4, -0.2) is 39.1 Å². The van der Waals surface area contributed by atoms with Gasteiger partial charge in [-0.25, -0.2) is 4.98 Å². The molecule has 2 aliphatic heterocycles. The summed E-state index contributed by atoms with van der Waals surface area (Å²) in [4.78, 5) is 20.0. The van der Waals surface area contributed by atoms with E-state index in [1.54, 1.807) is 13.4 Å². The summed E-state index contributed by atoms with van der Waals surface area (Å²) in [6, 6.07) is 13.6. The lowest BCUT2D eigenvalue weighted by Gasteiger charge is -2.45. The predicted molar refractivity (Wildman–Crippen MR) is 132 cm³/mol. The summed E-state index contributed by atoms with van der Waals surface area (Å²) in [5.74, 6) is 0.942. The number of imidazole rings is 1. The number of methoxy groups -OCH3 is 1. The van der Waals surface area contributed by atoms with Gasteiger partial charge in [0.15, 0.2) is 5.76 Å². The molecule has 0 aliphatic carbocycles. The fourth-order valence-electron chi connectivity index (χ4n) is 5.10. The number of rotatable bonds is 4. The second-order valence-corrected chi connectivity index (χ2v) is 9.88. The molecule has 3 aromatic rings. The molecule has 0 spiro atoms. The SMILES string of the molecule is COc1cc(/C=C2\OC(C)(C)C3CCC(c4ccc(Cl)cc4)N3C2=O)ccc1-n1cnc(C)c1.